The molecule has 1 aliphatic rings. The molecule has 34 heavy (non-hydrogen) atoms. The summed E-state index contributed by atoms with van der Waals surface area (Å²) in [5.74, 6) is -0.0490. The molecular weight excluding hydrogens is 478 g/mol. The number of methoxy groups -OCH3 is 1. The third-order valence-corrected chi connectivity index (χ3v) is 7.70. The van der Waals surface area contributed by atoms with E-state index in [4.69, 9.17) is 26.2 Å². The Morgan fingerprint density at radius 2 is 1.88 bits per heavy atom. The van der Waals surface area contributed by atoms with Crippen molar-refractivity contribution >= 4 is 33.3 Å². The van der Waals surface area contributed by atoms with Crippen molar-refractivity contribution in [3.63, 3.8) is 0 Å². The number of nitrogens with zero attached hydrogens (tertiary/aromatic N) is 1. The molecule has 1 N–H and O–H groups in total. The van der Waals surface area contributed by atoms with Gasteiger partial charge in [-0.25, -0.2) is 8.42 Å². The summed E-state index contributed by atoms with van der Waals surface area (Å²) in [4.78, 5) is 11.3. The van der Waals surface area contributed by atoms with E-state index in [2.05, 4.69) is 0 Å². The van der Waals surface area contributed by atoms with Gasteiger partial charge in [0.1, 0.15) is 17.6 Å². The van der Waals surface area contributed by atoms with Gasteiger partial charge in [0, 0.05) is 6.42 Å². The van der Waals surface area contributed by atoms with E-state index in [9.17, 15) is 13.2 Å². The number of carbonyl (C=O) groups is 1. The van der Waals surface area contributed by atoms with Crippen molar-refractivity contribution < 1.29 is 27.8 Å². The van der Waals surface area contributed by atoms with Crippen LogP contribution in [0.3, 0.4) is 0 Å². The molecule has 0 aromatic heterocycles. The third kappa shape index (κ3) is 4.83. The molecule has 3 aromatic carbocycles. The van der Waals surface area contributed by atoms with Crippen molar-refractivity contribution in [2.45, 2.75) is 30.8 Å². The number of aryl methyl sites for hydroxylation is 1. The monoisotopic (exact) mass is 501 g/mol. The highest BCUT2D eigenvalue weighted by Gasteiger charge is 2.35. The van der Waals surface area contributed by atoms with E-state index < -0.39 is 22.1 Å². The lowest BCUT2D eigenvalue weighted by molar-refractivity contribution is -0.137. The van der Waals surface area contributed by atoms with Gasteiger partial charge in [-0.05, 0) is 66.4 Å². The first-order valence-corrected chi connectivity index (χ1v) is 12.5. The van der Waals surface area contributed by atoms with Gasteiger partial charge in [-0.2, -0.15) is 0 Å². The lowest BCUT2D eigenvalue weighted by Gasteiger charge is -2.35. The molecule has 9 heteroatoms. The molecule has 0 saturated heterocycles. The fraction of sp³-hybridized carbons (Fsp3) is 0.240. The Morgan fingerprint density at radius 3 is 2.56 bits per heavy atom. The number of fused-ring (bicyclic) bond motifs is 1. The summed E-state index contributed by atoms with van der Waals surface area (Å²) in [5, 5.41) is 9.53. The molecule has 0 fully saturated rings. The van der Waals surface area contributed by atoms with Gasteiger partial charge in [0.25, 0.3) is 10.0 Å². The third-order valence-electron chi connectivity index (χ3n) is 5.63. The molecule has 0 saturated carbocycles. The minimum absolute atomic E-state index is 0.00335. The van der Waals surface area contributed by atoms with Crippen LogP contribution >= 0.6 is 11.6 Å². The number of hydrogen-bond acceptors (Lipinski definition) is 5. The fourth-order valence-corrected chi connectivity index (χ4v) is 5.76. The molecule has 0 unspecified atom stereocenters. The van der Waals surface area contributed by atoms with E-state index in [1.165, 1.54) is 11.4 Å². The predicted octanol–water partition coefficient (Wildman–Crippen LogP) is 5.15. The second-order valence-corrected chi connectivity index (χ2v) is 10.3. The maximum Gasteiger partial charge on any atom is 0.303 e. The van der Waals surface area contributed by atoms with Crippen LogP contribution in [0.1, 0.15) is 18.4 Å². The molecule has 1 aliphatic heterocycles. The number of hydrogen-bond donors (Lipinski definition) is 1. The molecule has 0 spiro atoms. The highest BCUT2D eigenvalue weighted by Crippen LogP contribution is 2.41. The van der Waals surface area contributed by atoms with E-state index in [1.807, 2.05) is 25.1 Å². The van der Waals surface area contributed by atoms with Gasteiger partial charge in [0.05, 0.1) is 29.3 Å². The van der Waals surface area contributed by atoms with Crippen LogP contribution in [0.4, 0.5) is 5.69 Å². The molecule has 0 bridgehead atoms. The van der Waals surface area contributed by atoms with Gasteiger partial charge in [0.2, 0.25) is 0 Å². The number of carboxylic acids is 1. The first-order valence-electron chi connectivity index (χ1n) is 10.6. The molecule has 7 nitrogen and oxygen atoms in total. The Morgan fingerprint density at radius 1 is 1.15 bits per heavy atom. The normalized spacial score (nSPS) is 15.4. The van der Waals surface area contributed by atoms with E-state index in [0.717, 1.165) is 16.7 Å². The molecule has 178 valence electrons. The van der Waals surface area contributed by atoms with Gasteiger partial charge in [0.15, 0.2) is 0 Å². The molecular formula is C25H24ClNO6S. The predicted molar refractivity (Wildman–Crippen MR) is 130 cm³/mol. The first-order chi connectivity index (χ1) is 16.2. The quantitative estimate of drug-likeness (QED) is 0.481. The van der Waals surface area contributed by atoms with Crippen LogP contribution in [0.5, 0.6) is 11.5 Å². The standard InChI is InChI=1S/C25H24ClNO6S/c1-16-4-3-5-20(12-16)34(30,31)27-15-19(8-11-25(28)29)33-24-10-7-18(14-22(24)27)17-6-9-23(32-2)21(26)13-17/h3-7,9-10,12-14,19H,8,11,15H2,1-2H3,(H,28,29)/t19-/m0/s1. The summed E-state index contributed by atoms with van der Waals surface area (Å²) in [5.41, 5.74) is 2.74. The minimum atomic E-state index is -3.93. The van der Waals surface area contributed by atoms with E-state index in [-0.39, 0.29) is 24.3 Å². The number of carboxylic acid groups (broad SMARTS) is 1. The second kappa shape index (κ2) is 9.56. The summed E-state index contributed by atoms with van der Waals surface area (Å²) in [7, 11) is -2.39. The molecule has 3 aromatic rings. The molecule has 0 aliphatic carbocycles. The number of ether oxygens (including phenoxy) is 2. The lowest BCUT2D eigenvalue weighted by Crippen LogP contribution is -2.43. The van der Waals surface area contributed by atoms with Gasteiger partial charge in [-0.3, -0.25) is 9.10 Å². The van der Waals surface area contributed by atoms with Crippen LogP contribution in [-0.2, 0) is 14.8 Å². The zero-order valence-corrected chi connectivity index (χ0v) is 20.3. The molecule has 0 radical (unpaired) electrons. The zero-order valence-electron chi connectivity index (χ0n) is 18.7. The van der Waals surface area contributed by atoms with E-state index in [0.29, 0.717) is 22.2 Å². The van der Waals surface area contributed by atoms with Crippen LogP contribution < -0.4 is 13.8 Å². The average Bonchev–Trinajstić information content (AvgIpc) is 2.81. The first kappa shape index (κ1) is 23.9. The number of benzene rings is 3. The largest absolute Gasteiger partial charge is 0.495 e. The minimum Gasteiger partial charge on any atom is -0.495 e. The zero-order chi connectivity index (χ0) is 24.5. The van der Waals surface area contributed by atoms with Gasteiger partial charge in [-0.1, -0.05) is 35.9 Å². The number of halogens is 1. The van der Waals surface area contributed by atoms with Gasteiger partial charge < -0.3 is 14.6 Å². The fourth-order valence-electron chi connectivity index (χ4n) is 3.90. The highest BCUT2D eigenvalue weighted by atomic mass is 35.5. The molecule has 4 rings (SSSR count). The van der Waals surface area contributed by atoms with Gasteiger partial charge in [-0.15, -0.1) is 0 Å². The SMILES string of the molecule is COc1ccc(-c2ccc3c(c2)N(S(=O)(=O)c2cccc(C)c2)C[C@H](CCC(=O)O)O3)cc1Cl. The Kier molecular flexibility index (Phi) is 6.72. The van der Waals surface area contributed by atoms with Crippen LogP contribution in [-0.4, -0.2) is 39.3 Å². The van der Waals surface area contributed by atoms with Gasteiger partial charge >= 0.3 is 5.97 Å². The Bertz CT molecular complexity index is 1340. The number of rotatable bonds is 7. The van der Waals surface area contributed by atoms with Crippen molar-refractivity contribution in [2.24, 2.45) is 0 Å². The van der Waals surface area contributed by atoms with Crippen LogP contribution in [0.25, 0.3) is 11.1 Å². The summed E-state index contributed by atoms with van der Waals surface area (Å²) in [6.07, 6.45) is -0.532. The second-order valence-electron chi connectivity index (χ2n) is 8.06. The Hall–Kier alpha value is -3.23. The maximum absolute atomic E-state index is 13.7. The smallest absolute Gasteiger partial charge is 0.303 e. The van der Waals surface area contributed by atoms with Crippen molar-refractivity contribution in [3.8, 4) is 22.6 Å². The lowest BCUT2D eigenvalue weighted by atomic mass is 10.0. The van der Waals surface area contributed by atoms with Crippen LogP contribution in [0.2, 0.25) is 5.02 Å². The average molecular weight is 502 g/mol. The summed E-state index contributed by atoms with van der Waals surface area (Å²) >= 11 is 6.29. The number of sulfonamides is 1. The van der Waals surface area contributed by atoms with Crippen molar-refractivity contribution in [1.82, 2.24) is 0 Å². The summed E-state index contributed by atoms with van der Waals surface area (Å²) in [6.45, 7) is 1.83. The molecule has 0 amide bonds. The van der Waals surface area contributed by atoms with E-state index >= 15 is 0 Å². The van der Waals surface area contributed by atoms with Crippen molar-refractivity contribution in [1.29, 1.82) is 0 Å². The van der Waals surface area contributed by atoms with Crippen LogP contribution in [0, 0.1) is 6.92 Å². The summed E-state index contributed by atoms with van der Waals surface area (Å²) < 4.78 is 39.9. The highest BCUT2D eigenvalue weighted by molar-refractivity contribution is 7.92. The number of anilines is 1. The topological polar surface area (TPSA) is 93.1 Å². The van der Waals surface area contributed by atoms with Crippen molar-refractivity contribution in [3.05, 3.63) is 71.2 Å². The van der Waals surface area contributed by atoms with Crippen LogP contribution in [0.15, 0.2) is 65.6 Å². The summed E-state index contributed by atoms with van der Waals surface area (Å²) in [6, 6.07) is 17.3. The maximum atomic E-state index is 13.7. The molecule has 1 atom stereocenters. The number of aliphatic carboxylic acids is 1. The Balaban J connectivity index is 1.79. The van der Waals surface area contributed by atoms with Crippen molar-refractivity contribution in [2.75, 3.05) is 18.0 Å². The van der Waals surface area contributed by atoms with E-state index in [1.54, 1.807) is 42.5 Å². The Labute approximate surface area is 203 Å². The molecule has 1 heterocycles.